The SMILES string of the molecule is Cc1ccc(NS(=O)(=O)c2ccc(C(=O)NCC3=CCNCC3)cc2)cc1C. The van der Waals surface area contributed by atoms with Crippen molar-refractivity contribution >= 4 is 21.6 Å². The lowest BCUT2D eigenvalue weighted by Crippen LogP contribution is -2.29. The Kier molecular flexibility index (Phi) is 6.16. The van der Waals surface area contributed by atoms with Gasteiger partial charge in [0.25, 0.3) is 15.9 Å². The molecule has 2 aromatic carbocycles. The lowest BCUT2D eigenvalue weighted by molar-refractivity contribution is 0.0956. The predicted molar refractivity (Wildman–Crippen MR) is 111 cm³/mol. The van der Waals surface area contributed by atoms with Gasteiger partial charge in [-0.2, -0.15) is 0 Å². The minimum absolute atomic E-state index is 0.114. The van der Waals surface area contributed by atoms with Crippen LogP contribution in [-0.2, 0) is 10.0 Å². The molecule has 0 bridgehead atoms. The first-order valence-electron chi connectivity index (χ1n) is 9.22. The Balaban J connectivity index is 1.65. The topological polar surface area (TPSA) is 87.3 Å². The van der Waals surface area contributed by atoms with Crippen LogP contribution in [-0.4, -0.2) is 34.0 Å². The van der Waals surface area contributed by atoms with Crippen LogP contribution in [0.15, 0.2) is 59.0 Å². The molecular formula is C21H25N3O3S. The van der Waals surface area contributed by atoms with Crippen LogP contribution in [0.4, 0.5) is 5.69 Å². The molecule has 0 saturated heterocycles. The summed E-state index contributed by atoms with van der Waals surface area (Å²) in [6, 6.07) is 11.4. The fraction of sp³-hybridized carbons (Fsp3) is 0.286. The lowest BCUT2D eigenvalue weighted by Gasteiger charge is -2.14. The fourth-order valence-electron chi connectivity index (χ4n) is 2.93. The smallest absolute Gasteiger partial charge is 0.261 e. The standard InChI is InChI=1S/C21H25N3O3S/c1-15-3-6-19(13-16(15)2)24-28(26,27)20-7-4-18(5-8-20)21(25)23-14-17-9-11-22-12-10-17/h3-9,13,22,24H,10-12,14H2,1-2H3,(H,23,25). The number of carbonyl (C=O) groups is 1. The monoisotopic (exact) mass is 399 g/mol. The van der Waals surface area contributed by atoms with Gasteiger partial charge < -0.3 is 10.6 Å². The summed E-state index contributed by atoms with van der Waals surface area (Å²) >= 11 is 0. The number of carbonyl (C=O) groups excluding carboxylic acids is 1. The summed E-state index contributed by atoms with van der Waals surface area (Å²) < 4.78 is 27.8. The fourth-order valence-corrected chi connectivity index (χ4v) is 3.98. The van der Waals surface area contributed by atoms with Crippen molar-refractivity contribution < 1.29 is 13.2 Å². The Bertz CT molecular complexity index is 996. The van der Waals surface area contributed by atoms with E-state index in [2.05, 4.69) is 21.4 Å². The Hall–Kier alpha value is -2.64. The highest BCUT2D eigenvalue weighted by Gasteiger charge is 2.16. The second-order valence-corrected chi connectivity index (χ2v) is 8.61. The van der Waals surface area contributed by atoms with Crippen molar-refractivity contribution in [2.75, 3.05) is 24.4 Å². The second-order valence-electron chi connectivity index (χ2n) is 6.93. The average Bonchev–Trinajstić information content (AvgIpc) is 2.69. The van der Waals surface area contributed by atoms with Crippen molar-refractivity contribution in [3.8, 4) is 0 Å². The molecule has 7 heteroatoms. The summed E-state index contributed by atoms with van der Waals surface area (Å²) in [4.78, 5) is 12.4. The van der Waals surface area contributed by atoms with Crippen LogP contribution >= 0.6 is 0 Å². The van der Waals surface area contributed by atoms with E-state index in [1.54, 1.807) is 12.1 Å². The van der Waals surface area contributed by atoms with Crippen LogP contribution in [0, 0.1) is 13.8 Å². The van der Waals surface area contributed by atoms with E-state index in [4.69, 9.17) is 0 Å². The van der Waals surface area contributed by atoms with E-state index in [0.29, 0.717) is 17.8 Å². The van der Waals surface area contributed by atoms with Crippen LogP contribution in [0.1, 0.15) is 27.9 Å². The first kappa shape index (κ1) is 20.1. The number of rotatable bonds is 6. The predicted octanol–water partition coefficient (Wildman–Crippen LogP) is 2.75. The maximum absolute atomic E-state index is 12.6. The molecule has 0 spiro atoms. The van der Waals surface area contributed by atoms with Gasteiger partial charge in [-0.3, -0.25) is 9.52 Å². The number of hydrogen-bond acceptors (Lipinski definition) is 4. The zero-order valence-corrected chi connectivity index (χ0v) is 16.9. The summed E-state index contributed by atoms with van der Waals surface area (Å²) in [7, 11) is -3.71. The highest BCUT2D eigenvalue weighted by atomic mass is 32.2. The molecule has 1 aliphatic heterocycles. The summed E-state index contributed by atoms with van der Waals surface area (Å²) in [6.07, 6.45) is 3.00. The third kappa shape index (κ3) is 4.99. The van der Waals surface area contributed by atoms with Gasteiger partial charge in [0.05, 0.1) is 4.90 Å². The molecule has 2 aromatic rings. The minimum atomic E-state index is -3.71. The molecule has 3 rings (SSSR count). The summed E-state index contributed by atoms with van der Waals surface area (Å²) in [6.45, 7) is 6.15. The quantitative estimate of drug-likeness (QED) is 0.652. The molecule has 0 aromatic heterocycles. The van der Waals surface area contributed by atoms with Crippen LogP contribution in [0.3, 0.4) is 0 Å². The van der Waals surface area contributed by atoms with E-state index in [0.717, 1.165) is 30.6 Å². The molecule has 1 aliphatic rings. The maximum Gasteiger partial charge on any atom is 0.261 e. The van der Waals surface area contributed by atoms with E-state index in [9.17, 15) is 13.2 Å². The van der Waals surface area contributed by atoms with Gasteiger partial charge in [-0.1, -0.05) is 17.7 Å². The highest BCUT2D eigenvalue weighted by molar-refractivity contribution is 7.92. The number of anilines is 1. The molecule has 0 radical (unpaired) electrons. The second kappa shape index (κ2) is 8.58. The van der Waals surface area contributed by atoms with Crippen molar-refractivity contribution in [2.45, 2.75) is 25.2 Å². The Labute approximate surface area is 166 Å². The van der Waals surface area contributed by atoms with Gasteiger partial charge >= 0.3 is 0 Å². The number of sulfonamides is 1. The van der Waals surface area contributed by atoms with Gasteiger partial charge in [-0.05, 0) is 74.3 Å². The summed E-state index contributed by atoms with van der Waals surface area (Å²) in [5, 5.41) is 6.10. The van der Waals surface area contributed by atoms with E-state index < -0.39 is 10.0 Å². The van der Waals surface area contributed by atoms with Crippen molar-refractivity contribution in [1.82, 2.24) is 10.6 Å². The minimum Gasteiger partial charge on any atom is -0.348 e. The molecule has 6 nitrogen and oxygen atoms in total. The molecule has 28 heavy (non-hydrogen) atoms. The van der Waals surface area contributed by atoms with Crippen LogP contribution in [0.25, 0.3) is 0 Å². The van der Waals surface area contributed by atoms with Crippen molar-refractivity contribution in [3.63, 3.8) is 0 Å². The Morgan fingerprint density at radius 1 is 1.07 bits per heavy atom. The lowest BCUT2D eigenvalue weighted by atomic mass is 10.1. The first-order valence-corrected chi connectivity index (χ1v) is 10.7. The van der Waals surface area contributed by atoms with Gasteiger partial charge in [0.2, 0.25) is 0 Å². The maximum atomic E-state index is 12.6. The molecule has 148 valence electrons. The third-order valence-corrected chi connectivity index (χ3v) is 6.22. The molecule has 1 amide bonds. The molecule has 1 heterocycles. The highest BCUT2D eigenvalue weighted by Crippen LogP contribution is 2.19. The number of hydrogen-bond donors (Lipinski definition) is 3. The number of benzene rings is 2. The molecule has 0 saturated carbocycles. The van der Waals surface area contributed by atoms with Gasteiger partial charge in [0.15, 0.2) is 0 Å². The van der Waals surface area contributed by atoms with E-state index in [-0.39, 0.29) is 10.8 Å². The van der Waals surface area contributed by atoms with Crippen LogP contribution < -0.4 is 15.4 Å². The van der Waals surface area contributed by atoms with Crippen LogP contribution in [0.2, 0.25) is 0 Å². The molecule has 0 fully saturated rings. The van der Waals surface area contributed by atoms with Gasteiger partial charge in [0.1, 0.15) is 0 Å². The number of amides is 1. The van der Waals surface area contributed by atoms with E-state index in [1.165, 1.54) is 29.8 Å². The van der Waals surface area contributed by atoms with E-state index >= 15 is 0 Å². The van der Waals surface area contributed by atoms with Crippen molar-refractivity contribution in [3.05, 3.63) is 70.8 Å². The molecule has 0 aliphatic carbocycles. The molecular weight excluding hydrogens is 374 g/mol. The van der Waals surface area contributed by atoms with Gasteiger partial charge in [-0.15, -0.1) is 0 Å². The van der Waals surface area contributed by atoms with E-state index in [1.807, 2.05) is 19.9 Å². The normalized spacial score (nSPS) is 14.3. The first-order chi connectivity index (χ1) is 13.3. The molecule has 0 atom stereocenters. The van der Waals surface area contributed by atoms with Crippen LogP contribution in [0.5, 0.6) is 0 Å². The molecule has 0 unspecified atom stereocenters. The average molecular weight is 400 g/mol. The Morgan fingerprint density at radius 3 is 2.46 bits per heavy atom. The molecule has 3 N–H and O–H groups in total. The third-order valence-electron chi connectivity index (χ3n) is 4.82. The zero-order valence-electron chi connectivity index (χ0n) is 16.1. The summed E-state index contributed by atoms with van der Waals surface area (Å²) in [5.41, 5.74) is 4.25. The largest absolute Gasteiger partial charge is 0.348 e. The summed E-state index contributed by atoms with van der Waals surface area (Å²) in [5.74, 6) is -0.217. The van der Waals surface area contributed by atoms with Crippen molar-refractivity contribution in [1.29, 1.82) is 0 Å². The van der Waals surface area contributed by atoms with Gasteiger partial charge in [-0.25, -0.2) is 8.42 Å². The van der Waals surface area contributed by atoms with Gasteiger partial charge in [0, 0.05) is 24.3 Å². The number of nitrogens with one attached hydrogen (secondary N) is 3. The zero-order chi connectivity index (χ0) is 20.1. The Morgan fingerprint density at radius 2 is 1.82 bits per heavy atom. The van der Waals surface area contributed by atoms with Crippen molar-refractivity contribution in [2.24, 2.45) is 0 Å². The number of aryl methyl sites for hydroxylation is 2.